The highest BCUT2D eigenvalue weighted by atomic mass is 35.5. The lowest BCUT2D eigenvalue weighted by atomic mass is 10.1. The number of benzene rings is 2. The molecule has 0 bridgehead atoms. The average Bonchev–Trinajstić information content (AvgIpc) is 2.47. The lowest BCUT2D eigenvalue weighted by molar-refractivity contribution is -0.136. The minimum atomic E-state index is -3.33. The van der Waals surface area contributed by atoms with E-state index in [0.717, 1.165) is 11.1 Å². The minimum Gasteiger partial charge on any atom is -0.481 e. The lowest BCUT2D eigenvalue weighted by Crippen LogP contribution is -2.08. The van der Waals surface area contributed by atoms with Crippen LogP contribution in [0.2, 0.25) is 5.02 Å². The molecule has 0 aliphatic carbocycles. The Morgan fingerprint density at radius 2 is 1.70 bits per heavy atom. The standard InChI is InChI=1S/C17H17ClO4S/c18-15-6-8-16(9-7-15)23(21,22)10-2-5-13-3-1-4-14(11-13)12-17(19)20/h1,3-4,6-9,11H,2,5,10,12H2,(H,19,20). The summed E-state index contributed by atoms with van der Waals surface area (Å²) in [6.45, 7) is 0. The number of rotatable bonds is 7. The summed E-state index contributed by atoms with van der Waals surface area (Å²) in [6.07, 6.45) is 1.03. The fourth-order valence-electron chi connectivity index (χ4n) is 2.30. The topological polar surface area (TPSA) is 71.4 Å². The molecule has 0 saturated heterocycles. The SMILES string of the molecule is O=C(O)Cc1cccc(CCCS(=O)(=O)c2ccc(Cl)cc2)c1. The monoisotopic (exact) mass is 352 g/mol. The summed E-state index contributed by atoms with van der Waals surface area (Å²) in [5, 5.41) is 9.30. The largest absolute Gasteiger partial charge is 0.481 e. The summed E-state index contributed by atoms with van der Waals surface area (Å²) >= 11 is 5.76. The Balaban J connectivity index is 1.96. The highest BCUT2D eigenvalue weighted by Gasteiger charge is 2.14. The van der Waals surface area contributed by atoms with Gasteiger partial charge in [-0.3, -0.25) is 4.79 Å². The van der Waals surface area contributed by atoms with Gasteiger partial charge in [0.15, 0.2) is 9.84 Å². The molecule has 0 fully saturated rings. The van der Waals surface area contributed by atoms with Crippen LogP contribution >= 0.6 is 11.6 Å². The second kappa shape index (κ2) is 7.62. The zero-order chi connectivity index (χ0) is 16.9. The molecule has 0 amide bonds. The van der Waals surface area contributed by atoms with Crippen LogP contribution in [0.4, 0.5) is 0 Å². The molecule has 0 aliphatic heterocycles. The van der Waals surface area contributed by atoms with Crippen LogP contribution in [0, 0.1) is 0 Å². The van der Waals surface area contributed by atoms with E-state index < -0.39 is 15.8 Å². The van der Waals surface area contributed by atoms with Gasteiger partial charge in [-0.1, -0.05) is 35.9 Å². The van der Waals surface area contributed by atoms with E-state index in [-0.39, 0.29) is 17.1 Å². The predicted octanol–water partition coefficient (Wildman–Crippen LogP) is 3.37. The Kier molecular flexibility index (Phi) is 5.80. The number of halogens is 1. The molecule has 2 aromatic carbocycles. The fraction of sp³-hybridized carbons (Fsp3) is 0.235. The van der Waals surface area contributed by atoms with Crippen molar-refractivity contribution in [3.63, 3.8) is 0 Å². The number of aryl methyl sites for hydroxylation is 1. The summed E-state index contributed by atoms with van der Waals surface area (Å²) in [5.41, 5.74) is 1.66. The zero-order valence-electron chi connectivity index (χ0n) is 12.4. The van der Waals surface area contributed by atoms with Gasteiger partial charge in [-0.25, -0.2) is 8.42 Å². The van der Waals surface area contributed by atoms with Crippen molar-refractivity contribution in [2.45, 2.75) is 24.2 Å². The third kappa shape index (κ3) is 5.37. The quantitative estimate of drug-likeness (QED) is 0.829. The van der Waals surface area contributed by atoms with Crippen LogP contribution in [0.5, 0.6) is 0 Å². The van der Waals surface area contributed by atoms with Crippen molar-refractivity contribution in [3.8, 4) is 0 Å². The van der Waals surface area contributed by atoms with E-state index in [9.17, 15) is 13.2 Å². The van der Waals surface area contributed by atoms with Gasteiger partial charge >= 0.3 is 5.97 Å². The van der Waals surface area contributed by atoms with Crippen LogP contribution in [0.25, 0.3) is 0 Å². The third-order valence-electron chi connectivity index (χ3n) is 3.40. The maximum Gasteiger partial charge on any atom is 0.307 e. The molecule has 2 aromatic rings. The van der Waals surface area contributed by atoms with Crippen LogP contribution in [-0.4, -0.2) is 25.2 Å². The molecule has 6 heteroatoms. The minimum absolute atomic E-state index is 0.0308. The van der Waals surface area contributed by atoms with Gasteiger partial charge in [0.1, 0.15) is 0 Å². The number of carboxylic acids is 1. The van der Waals surface area contributed by atoms with E-state index in [1.54, 1.807) is 24.3 Å². The van der Waals surface area contributed by atoms with Gasteiger partial charge in [0.2, 0.25) is 0 Å². The first-order chi connectivity index (χ1) is 10.9. The van der Waals surface area contributed by atoms with Crippen LogP contribution in [-0.2, 0) is 27.5 Å². The molecule has 23 heavy (non-hydrogen) atoms. The van der Waals surface area contributed by atoms with Crippen molar-refractivity contribution in [1.29, 1.82) is 0 Å². The summed E-state index contributed by atoms with van der Waals surface area (Å²) < 4.78 is 24.5. The van der Waals surface area contributed by atoms with E-state index >= 15 is 0 Å². The van der Waals surface area contributed by atoms with Crippen molar-refractivity contribution in [3.05, 3.63) is 64.7 Å². The molecular weight excluding hydrogens is 336 g/mol. The molecular formula is C17H17ClO4S. The van der Waals surface area contributed by atoms with Crippen molar-refractivity contribution < 1.29 is 18.3 Å². The van der Waals surface area contributed by atoms with Gasteiger partial charge in [0.05, 0.1) is 17.1 Å². The first-order valence-electron chi connectivity index (χ1n) is 7.15. The van der Waals surface area contributed by atoms with Crippen LogP contribution in [0.15, 0.2) is 53.4 Å². The van der Waals surface area contributed by atoms with Gasteiger partial charge in [-0.05, 0) is 48.2 Å². The highest BCUT2D eigenvalue weighted by molar-refractivity contribution is 7.91. The molecule has 0 saturated carbocycles. The van der Waals surface area contributed by atoms with E-state index in [1.807, 2.05) is 12.1 Å². The molecule has 0 atom stereocenters. The number of carboxylic acid groups (broad SMARTS) is 1. The van der Waals surface area contributed by atoms with Crippen molar-refractivity contribution in [2.75, 3.05) is 5.75 Å². The number of hydrogen-bond donors (Lipinski definition) is 1. The molecule has 0 aromatic heterocycles. The molecule has 2 rings (SSSR count). The van der Waals surface area contributed by atoms with Gasteiger partial charge in [0, 0.05) is 5.02 Å². The summed E-state index contributed by atoms with van der Waals surface area (Å²) in [6, 6.07) is 13.4. The predicted molar refractivity (Wildman–Crippen MR) is 89.6 cm³/mol. The fourth-order valence-corrected chi connectivity index (χ4v) is 3.73. The Hall–Kier alpha value is -1.85. The number of sulfone groups is 1. The van der Waals surface area contributed by atoms with Crippen LogP contribution in [0.1, 0.15) is 17.5 Å². The van der Waals surface area contributed by atoms with Crippen molar-refractivity contribution >= 4 is 27.4 Å². The summed E-state index contributed by atoms with van der Waals surface area (Å²) in [4.78, 5) is 11.0. The normalized spacial score (nSPS) is 11.3. The molecule has 0 unspecified atom stereocenters. The summed E-state index contributed by atoms with van der Waals surface area (Å²) in [5.74, 6) is -0.843. The molecule has 0 spiro atoms. The molecule has 1 N–H and O–H groups in total. The van der Waals surface area contributed by atoms with Crippen molar-refractivity contribution in [1.82, 2.24) is 0 Å². The lowest BCUT2D eigenvalue weighted by Gasteiger charge is -2.06. The average molecular weight is 353 g/mol. The van der Waals surface area contributed by atoms with E-state index in [4.69, 9.17) is 16.7 Å². The van der Waals surface area contributed by atoms with Gasteiger partial charge < -0.3 is 5.11 Å². The molecule has 4 nitrogen and oxygen atoms in total. The van der Waals surface area contributed by atoms with Gasteiger partial charge in [-0.15, -0.1) is 0 Å². The Labute approximate surface area is 140 Å². The zero-order valence-corrected chi connectivity index (χ0v) is 14.0. The molecule has 0 aliphatic rings. The molecule has 0 heterocycles. The first-order valence-corrected chi connectivity index (χ1v) is 9.18. The second-order valence-electron chi connectivity index (χ2n) is 5.27. The van der Waals surface area contributed by atoms with Crippen LogP contribution < -0.4 is 0 Å². The van der Waals surface area contributed by atoms with E-state index in [1.165, 1.54) is 12.1 Å². The van der Waals surface area contributed by atoms with Gasteiger partial charge in [0.25, 0.3) is 0 Å². The maximum absolute atomic E-state index is 12.2. The Morgan fingerprint density at radius 3 is 2.35 bits per heavy atom. The number of hydrogen-bond acceptors (Lipinski definition) is 3. The van der Waals surface area contributed by atoms with E-state index in [2.05, 4.69) is 0 Å². The Morgan fingerprint density at radius 1 is 1.04 bits per heavy atom. The number of aliphatic carboxylic acids is 1. The van der Waals surface area contributed by atoms with Crippen molar-refractivity contribution in [2.24, 2.45) is 0 Å². The maximum atomic E-state index is 12.2. The van der Waals surface area contributed by atoms with E-state index in [0.29, 0.717) is 17.9 Å². The number of carbonyl (C=O) groups is 1. The van der Waals surface area contributed by atoms with Gasteiger partial charge in [-0.2, -0.15) is 0 Å². The molecule has 0 radical (unpaired) electrons. The summed E-state index contributed by atoms with van der Waals surface area (Å²) in [7, 11) is -3.33. The van der Waals surface area contributed by atoms with Crippen LogP contribution in [0.3, 0.4) is 0 Å². The first kappa shape index (κ1) is 17.5. The third-order valence-corrected chi connectivity index (χ3v) is 5.47. The highest BCUT2D eigenvalue weighted by Crippen LogP contribution is 2.17. The molecule has 122 valence electrons. The second-order valence-corrected chi connectivity index (χ2v) is 7.81. The smallest absolute Gasteiger partial charge is 0.307 e. The Bertz CT molecular complexity index is 782.